The van der Waals surface area contributed by atoms with E-state index in [9.17, 15) is 0 Å². The van der Waals surface area contributed by atoms with E-state index >= 15 is 0 Å². The van der Waals surface area contributed by atoms with Gasteiger partial charge >= 0.3 is 0 Å². The Kier molecular flexibility index (Phi) is 4.36. The average molecular weight is 259 g/mol. The highest BCUT2D eigenvalue weighted by Gasteiger charge is 2.15. The molecule has 1 aromatic heterocycles. The summed E-state index contributed by atoms with van der Waals surface area (Å²) >= 11 is 5.93. The molecule has 1 saturated heterocycles. The Morgan fingerprint density at radius 3 is 3.00 bits per heavy atom. The summed E-state index contributed by atoms with van der Waals surface area (Å²) in [4.78, 5) is 7.92. The van der Waals surface area contributed by atoms with Crippen molar-refractivity contribution in [2.75, 3.05) is 25.2 Å². The number of aromatic nitrogens is 2. The monoisotopic (exact) mass is 258 g/mol. The van der Waals surface area contributed by atoms with Crippen LogP contribution in [0.3, 0.4) is 0 Å². The van der Waals surface area contributed by atoms with Gasteiger partial charge in [0.25, 0.3) is 0 Å². The third-order valence-electron chi connectivity index (χ3n) is 2.64. The molecule has 0 bridgehead atoms. The number of halogens is 1. The van der Waals surface area contributed by atoms with Crippen LogP contribution in [0.15, 0.2) is 6.20 Å². The number of nitrogen functional groups attached to an aromatic ring is 1. The van der Waals surface area contributed by atoms with Gasteiger partial charge in [-0.25, -0.2) is 10.8 Å². The fourth-order valence-corrected chi connectivity index (χ4v) is 1.78. The van der Waals surface area contributed by atoms with Crippen molar-refractivity contribution in [3.63, 3.8) is 0 Å². The van der Waals surface area contributed by atoms with Crippen LogP contribution in [-0.4, -0.2) is 29.8 Å². The molecule has 1 fully saturated rings. The minimum atomic E-state index is 0.288. The number of rotatable bonds is 4. The van der Waals surface area contributed by atoms with Gasteiger partial charge in [-0.1, -0.05) is 11.6 Å². The molecule has 0 aromatic carbocycles. The van der Waals surface area contributed by atoms with E-state index in [0.29, 0.717) is 23.4 Å². The van der Waals surface area contributed by atoms with Crippen molar-refractivity contribution in [3.8, 4) is 5.88 Å². The highest BCUT2D eigenvalue weighted by atomic mass is 35.5. The number of nitrogens with zero attached hydrogens (tertiary/aromatic N) is 2. The fraction of sp³-hybridized carbons (Fsp3) is 0.600. The lowest BCUT2D eigenvalue weighted by Crippen LogP contribution is -2.22. The molecule has 2 heterocycles. The van der Waals surface area contributed by atoms with Gasteiger partial charge in [0.05, 0.1) is 12.8 Å². The molecule has 1 aliphatic heterocycles. The highest BCUT2D eigenvalue weighted by molar-refractivity contribution is 6.31. The summed E-state index contributed by atoms with van der Waals surface area (Å²) in [7, 11) is 0. The second-order valence-corrected chi connectivity index (χ2v) is 4.26. The zero-order valence-corrected chi connectivity index (χ0v) is 10.1. The van der Waals surface area contributed by atoms with Crippen molar-refractivity contribution in [2.24, 2.45) is 11.8 Å². The molecular weight excluding hydrogens is 244 g/mol. The summed E-state index contributed by atoms with van der Waals surface area (Å²) in [6.07, 6.45) is 3.47. The predicted octanol–water partition coefficient (Wildman–Crippen LogP) is 1.22. The molecule has 1 aromatic rings. The Hall–Kier alpha value is -1.11. The number of ether oxygens (including phenoxy) is 2. The number of nitrogens with two attached hydrogens (primary N) is 1. The first-order valence-corrected chi connectivity index (χ1v) is 5.87. The van der Waals surface area contributed by atoms with Crippen LogP contribution in [-0.2, 0) is 4.74 Å². The van der Waals surface area contributed by atoms with Gasteiger partial charge in [0, 0.05) is 13.2 Å². The standard InChI is InChI=1S/C10H15ClN4O2/c11-8-5-13-10(15-12)14-9(8)17-6-7-1-3-16-4-2-7/h5,7H,1-4,6,12H2,(H,13,14,15). The molecule has 94 valence electrons. The third-order valence-corrected chi connectivity index (χ3v) is 2.90. The second-order valence-electron chi connectivity index (χ2n) is 3.86. The molecule has 1 aliphatic rings. The first-order valence-electron chi connectivity index (χ1n) is 5.49. The number of hydrogen-bond donors (Lipinski definition) is 2. The Bertz CT molecular complexity index is 371. The summed E-state index contributed by atoms with van der Waals surface area (Å²) in [6.45, 7) is 2.17. The van der Waals surface area contributed by atoms with Gasteiger partial charge in [0.2, 0.25) is 11.8 Å². The van der Waals surface area contributed by atoms with Gasteiger partial charge < -0.3 is 9.47 Å². The van der Waals surface area contributed by atoms with Crippen molar-refractivity contribution in [1.29, 1.82) is 0 Å². The summed E-state index contributed by atoms with van der Waals surface area (Å²) in [5, 5.41) is 0.385. The van der Waals surface area contributed by atoms with E-state index in [0.717, 1.165) is 26.1 Å². The van der Waals surface area contributed by atoms with E-state index in [1.165, 1.54) is 6.20 Å². The summed E-state index contributed by atoms with van der Waals surface area (Å²) < 4.78 is 10.9. The molecule has 0 amide bonds. The minimum Gasteiger partial charge on any atom is -0.476 e. The van der Waals surface area contributed by atoms with Gasteiger partial charge in [0.1, 0.15) is 5.02 Å². The molecular formula is C10H15ClN4O2. The van der Waals surface area contributed by atoms with E-state index in [4.69, 9.17) is 26.9 Å². The van der Waals surface area contributed by atoms with Gasteiger partial charge in [-0.15, -0.1) is 0 Å². The van der Waals surface area contributed by atoms with Crippen LogP contribution in [0.5, 0.6) is 5.88 Å². The van der Waals surface area contributed by atoms with Crippen molar-refractivity contribution in [1.82, 2.24) is 9.97 Å². The van der Waals surface area contributed by atoms with Gasteiger partial charge in [-0.05, 0) is 18.8 Å². The average Bonchev–Trinajstić information content (AvgIpc) is 2.39. The molecule has 2 rings (SSSR count). The molecule has 3 N–H and O–H groups in total. The van der Waals surface area contributed by atoms with Gasteiger partial charge in [0.15, 0.2) is 0 Å². The van der Waals surface area contributed by atoms with E-state index in [2.05, 4.69) is 15.4 Å². The van der Waals surface area contributed by atoms with E-state index in [1.807, 2.05) is 0 Å². The molecule has 0 spiro atoms. The lowest BCUT2D eigenvalue weighted by molar-refractivity contribution is 0.0490. The maximum atomic E-state index is 5.93. The largest absolute Gasteiger partial charge is 0.476 e. The molecule has 0 unspecified atom stereocenters. The van der Waals surface area contributed by atoms with Crippen LogP contribution in [0.2, 0.25) is 5.02 Å². The Balaban J connectivity index is 1.92. The van der Waals surface area contributed by atoms with E-state index < -0.39 is 0 Å². The van der Waals surface area contributed by atoms with Crippen LogP contribution in [0, 0.1) is 5.92 Å². The molecule has 0 atom stereocenters. The van der Waals surface area contributed by atoms with Gasteiger partial charge in [-0.3, -0.25) is 5.43 Å². The topological polar surface area (TPSA) is 82.3 Å². The molecule has 6 nitrogen and oxygen atoms in total. The fourth-order valence-electron chi connectivity index (χ4n) is 1.63. The molecule has 17 heavy (non-hydrogen) atoms. The lowest BCUT2D eigenvalue weighted by atomic mass is 10.0. The van der Waals surface area contributed by atoms with Crippen LogP contribution >= 0.6 is 11.6 Å². The highest BCUT2D eigenvalue weighted by Crippen LogP contribution is 2.23. The molecule has 7 heteroatoms. The summed E-state index contributed by atoms with van der Waals surface area (Å²) in [5.74, 6) is 6.36. The number of nitrogens with one attached hydrogen (secondary N) is 1. The van der Waals surface area contributed by atoms with E-state index in [-0.39, 0.29) is 5.95 Å². The van der Waals surface area contributed by atoms with E-state index in [1.54, 1.807) is 0 Å². The third kappa shape index (κ3) is 3.42. The Labute approximate surface area is 104 Å². The molecule has 0 radical (unpaired) electrons. The SMILES string of the molecule is NNc1ncc(Cl)c(OCC2CCOCC2)n1. The first-order chi connectivity index (χ1) is 8.29. The second kappa shape index (κ2) is 6.00. The van der Waals surface area contributed by atoms with Gasteiger partial charge in [-0.2, -0.15) is 4.98 Å². The summed E-state index contributed by atoms with van der Waals surface area (Å²) in [5.41, 5.74) is 2.35. The Morgan fingerprint density at radius 1 is 1.53 bits per heavy atom. The summed E-state index contributed by atoms with van der Waals surface area (Å²) in [6, 6.07) is 0. The van der Waals surface area contributed by atoms with Crippen molar-refractivity contribution in [2.45, 2.75) is 12.8 Å². The first kappa shape index (κ1) is 12.3. The Morgan fingerprint density at radius 2 is 2.29 bits per heavy atom. The maximum absolute atomic E-state index is 5.93. The van der Waals surface area contributed by atoms with Crippen LogP contribution in [0.4, 0.5) is 5.95 Å². The minimum absolute atomic E-state index is 0.288. The normalized spacial score (nSPS) is 16.8. The predicted molar refractivity (Wildman–Crippen MR) is 63.9 cm³/mol. The zero-order chi connectivity index (χ0) is 12.1. The zero-order valence-electron chi connectivity index (χ0n) is 9.36. The van der Waals surface area contributed by atoms with Crippen molar-refractivity contribution in [3.05, 3.63) is 11.2 Å². The van der Waals surface area contributed by atoms with Crippen LogP contribution < -0.4 is 16.0 Å². The quantitative estimate of drug-likeness (QED) is 0.624. The number of hydrogen-bond acceptors (Lipinski definition) is 6. The van der Waals surface area contributed by atoms with Crippen LogP contribution in [0.1, 0.15) is 12.8 Å². The molecule has 0 saturated carbocycles. The number of anilines is 1. The smallest absolute Gasteiger partial charge is 0.240 e. The van der Waals surface area contributed by atoms with Crippen LogP contribution in [0.25, 0.3) is 0 Å². The lowest BCUT2D eigenvalue weighted by Gasteiger charge is -2.21. The number of hydrazine groups is 1. The molecule has 0 aliphatic carbocycles. The van der Waals surface area contributed by atoms with Crippen molar-refractivity contribution < 1.29 is 9.47 Å². The van der Waals surface area contributed by atoms with Crippen molar-refractivity contribution >= 4 is 17.5 Å². The maximum Gasteiger partial charge on any atom is 0.240 e.